The lowest BCUT2D eigenvalue weighted by Crippen LogP contribution is -2.43. The van der Waals surface area contributed by atoms with E-state index in [0.717, 1.165) is 31.4 Å². The number of halogens is 3. The van der Waals surface area contributed by atoms with Gasteiger partial charge in [0.15, 0.2) is 5.82 Å². The Morgan fingerprint density at radius 1 is 1.17 bits per heavy atom. The fourth-order valence-corrected chi connectivity index (χ4v) is 8.54. The van der Waals surface area contributed by atoms with Gasteiger partial charge in [-0.15, -0.1) is 0 Å². The van der Waals surface area contributed by atoms with Gasteiger partial charge in [0, 0.05) is 47.6 Å². The van der Waals surface area contributed by atoms with E-state index in [1.807, 2.05) is 4.90 Å². The molecule has 0 amide bonds. The topological polar surface area (TPSA) is 119 Å². The summed E-state index contributed by atoms with van der Waals surface area (Å²) in [4.78, 5) is 31.0. The predicted molar refractivity (Wildman–Crippen MR) is 164 cm³/mol. The molecule has 5 atom stereocenters. The van der Waals surface area contributed by atoms with E-state index >= 15 is 4.39 Å². The smallest absolute Gasteiger partial charge is 0.461 e. The van der Waals surface area contributed by atoms with Crippen LogP contribution < -0.4 is 9.64 Å². The van der Waals surface area contributed by atoms with Crippen molar-refractivity contribution >= 4 is 45.4 Å². The molecule has 5 aliphatic heterocycles. The monoisotopic (exact) mass is 651 g/mol. The lowest BCUT2D eigenvalue weighted by molar-refractivity contribution is 0.0165. The number of anilines is 1. The molecule has 240 valence electrons. The molecule has 1 N–H and O–H groups in total. The number of rotatable bonds is 3. The number of aromatic nitrogens is 5. The highest BCUT2D eigenvalue weighted by Gasteiger charge is 2.49. The summed E-state index contributed by atoms with van der Waals surface area (Å²) in [5.41, 5.74) is 1.62. The molecular weight excluding hydrogens is 620 g/mol. The summed E-state index contributed by atoms with van der Waals surface area (Å²) in [6.45, 7) is 2.52. The summed E-state index contributed by atoms with van der Waals surface area (Å²) < 4.78 is 49.1. The van der Waals surface area contributed by atoms with Crippen molar-refractivity contribution in [3.05, 3.63) is 34.9 Å². The predicted octanol–water partition coefficient (Wildman–Crippen LogP) is 5.55. The molecule has 11 nitrogen and oxygen atoms in total. The van der Waals surface area contributed by atoms with Crippen LogP contribution in [0.5, 0.6) is 6.01 Å². The summed E-state index contributed by atoms with van der Waals surface area (Å²) in [5.74, 6) is -0.272. The third-order valence-electron chi connectivity index (χ3n) is 10.5. The Labute approximate surface area is 267 Å². The van der Waals surface area contributed by atoms with Gasteiger partial charge in [-0.3, -0.25) is 15.0 Å². The SMILES string of the molecule is O=C1OCC2CC2c2c(Cl)cc3[nH]ncc3c2-c2ncc3c(nc(OC[C@@]45CCCN4C[C@H](F)C5)nc3c2F)N2CCCC(C2)O1. The fourth-order valence-electron chi connectivity index (χ4n) is 8.20. The van der Waals surface area contributed by atoms with Gasteiger partial charge in [-0.05, 0) is 56.2 Å². The zero-order valence-corrected chi connectivity index (χ0v) is 25.7. The van der Waals surface area contributed by atoms with Gasteiger partial charge in [0.1, 0.15) is 35.9 Å². The highest BCUT2D eigenvalue weighted by atomic mass is 35.5. The molecule has 4 aromatic rings. The maximum atomic E-state index is 17.0. The Balaban J connectivity index is 1.22. The van der Waals surface area contributed by atoms with Crippen molar-refractivity contribution in [1.29, 1.82) is 0 Å². The van der Waals surface area contributed by atoms with Gasteiger partial charge >= 0.3 is 12.2 Å². The number of fused-ring (bicyclic) bond motifs is 6. The number of piperidine rings is 1. The van der Waals surface area contributed by atoms with Crippen LogP contribution in [-0.2, 0) is 9.47 Å². The number of aromatic amines is 1. The zero-order valence-electron chi connectivity index (χ0n) is 25.0. The summed E-state index contributed by atoms with van der Waals surface area (Å²) >= 11 is 6.87. The maximum Gasteiger partial charge on any atom is 0.508 e. The Bertz CT molecular complexity index is 1890. The highest BCUT2D eigenvalue weighted by molar-refractivity contribution is 6.33. The van der Waals surface area contributed by atoms with Crippen molar-refractivity contribution in [3.63, 3.8) is 0 Å². The molecular formula is C32H32ClF2N7O4. The van der Waals surface area contributed by atoms with Gasteiger partial charge in [-0.1, -0.05) is 11.6 Å². The summed E-state index contributed by atoms with van der Waals surface area (Å²) in [7, 11) is 0. The number of H-pyrrole nitrogens is 1. The molecule has 6 aliphatic rings. The van der Waals surface area contributed by atoms with Gasteiger partial charge in [0.05, 0.1) is 35.8 Å². The van der Waals surface area contributed by atoms with Crippen LogP contribution >= 0.6 is 11.6 Å². The van der Waals surface area contributed by atoms with Gasteiger partial charge in [0.25, 0.3) is 0 Å². The van der Waals surface area contributed by atoms with Crippen LogP contribution in [0.3, 0.4) is 0 Å². The molecule has 6 bridgehead atoms. The standard InChI is InChI=1S/C32H32ClF2N7O4/c33-22-8-23-20(11-37-40-23)25-24(22)19-7-16(19)14-44-31(43)46-18-3-1-5-41(13-18)29-21-10-36-28(25)26(35)27(21)38-30(39-29)45-15-32-4-2-6-42(32)12-17(34)9-32/h8,10-11,16-19H,1-7,9,12-15H2,(H,37,40)/t16?,17-,18?,19?,32+/m1/s1. The molecule has 1 aromatic carbocycles. The molecule has 8 heterocycles. The van der Waals surface area contributed by atoms with Crippen LogP contribution in [0.2, 0.25) is 5.02 Å². The number of nitrogens with one attached hydrogen (secondary N) is 1. The molecule has 10 rings (SSSR count). The minimum absolute atomic E-state index is 0.00427. The van der Waals surface area contributed by atoms with Crippen LogP contribution in [0, 0.1) is 11.7 Å². The number of carbonyl (C=O) groups excluding carboxylic acids is 1. The molecule has 3 aromatic heterocycles. The summed E-state index contributed by atoms with van der Waals surface area (Å²) in [5, 5.41) is 8.67. The molecule has 46 heavy (non-hydrogen) atoms. The first kappa shape index (κ1) is 28.4. The van der Waals surface area contributed by atoms with Gasteiger partial charge in [-0.25, -0.2) is 13.6 Å². The summed E-state index contributed by atoms with van der Waals surface area (Å²) in [6.07, 6.45) is 5.43. The summed E-state index contributed by atoms with van der Waals surface area (Å²) in [6, 6.07) is 1.79. The number of hydrogen-bond acceptors (Lipinski definition) is 10. The molecule has 1 saturated carbocycles. The number of carbonyl (C=O) groups is 1. The number of hydrogen-bond donors (Lipinski definition) is 1. The minimum Gasteiger partial charge on any atom is -0.461 e. The second kappa shape index (κ2) is 10.6. The van der Waals surface area contributed by atoms with Crippen molar-refractivity contribution in [2.24, 2.45) is 5.92 Å². The van der Waals surface area contributed by atoms with Crippen LogP contribution in [-0.4, -0.2) is 93.4 Å². The fraction of sp³-hybridized carbons (Fsp3) is 0.531. The molecule has 0 radical (unpaired) electrons. The molecule has 14 heteroatoms. The minimum atomic E-state index is -0.912. The number of nitrogens with zero attached hydrogens (tertiary/aromatic N) is 6. The molecule has 0 spiro atoms. The van der Waals surface area contributed by atoms with Crippen molar-refractivity contribution in [2.75, 3.05) is 44.3 Å². The Morgan fingerprint density at radius 2 is 2.09 bits per heavy atom. The van der Waals surface area contributed by atoms with E-state index in [1.54, 1.807) is 18.5 Å². The zero-order chi connectivity index (χ0) is 31.2. The van der Waals surface area contributed by atoms with Crippen LogP contribution in [0.25, 0.3) is 33.1 Å². The van der Waals surface area contributed by atoms with Crippen LogP contribution in [0.1, 0.15) is 50.0 Å². The number of pyridine rings is 1. The first-order chi connectivity index (χ1) is 22.4. The quantitative estimate of drug-likeness (QED) is 0.282. The Kier molecular flexibility index (Phi) is 6.54. The van der Waals surface area contributed by atoms with Gasteiger partial charge in [-0.2, -0.15) is 15.1 Å². The van der Waals surface area contributed by atoms with E-state index in [-0.39, 0.29) is 42.3 Å². The van der Waals surface area contributed by atoms with Crippen LogP contribution in [0.4, 0.5) is 19.4 Å². The highest BCUT2D eigenvalue weighted by Crippen LogP contribution is 2.54. The molecule has 3 unspecified atom stereocenters. The van der Waals surface area contributed by atoms with Crippen molar-refractivity contribution in [2.45, 2.75) is 62.3 Å². The molecule has 4 fully saturated rings. The Morgan fingerprint density at radius 3 is 3.00 bits per heavy atom. The normalized spacial score (nSPS) is 29.1. The average Bonchev–Trinajstić information content (AvgIpc) is 3.29. The third kappa shape index (κ3) is 4.56. The van der Waals surface area contributed by atoms with E-state index in [1.165, 1.54) is 0 Å². The van der Waals surface area contributed by atoms with Crippen molar-refractivity contribution < 1.29 is 27.8 Å². The van der Waals surface area contributed by atoms with E-state index in [4.69, 9.17) is 35.8 Å². The van der Waals surface area contributed by atoms with Gasteiger partial charge < -0.3 is 19.1 Å². The lowest BCUT2D eigenvalue weighted by atomic mass is 9.94. The van der Waals surface area contributed by atoms with E-state index in [2.05, 4.69) is 20.1 Å². The van der Waals surface area contributed by atoms with Gasteiger partial charge in [0.2, 0.25) is 0 Å². The first-order valence-electron chi connectivity index (χ1n) is 16.0. The lowest BCUT2D eigenvalue weighted by Gasteiger charge is -2.34. The Hall–Kier alpha value is -3.84. The van der Waals surface area contributed by atoms with E-state index < -0.39 is 29.8 Å². The number of benzene rings is 1. The largest absolute Gasteiger partial charge is 0.508 e. The van der Waals surface area contributed by atoms with Crippen molar-refractivity contribution in [3.8, 4) is 17.3 Å². The molecule has 3 saturated heterocycles. The number of alkyl halides is 1. The first-order valence-corrected chi connectivity index (χ1v) is 16.4. The maximum absolute atomic E-state index is 17.0. The number of ether oxygens (including phenoxy) is 3. The third-order valence-corrected chi connectivity index (χ3v) is 10.8. The average molecular weight is 652 g/mol. The molecule has 1 aliphatic carbocycles. The second-order valence-corrected chi connectivity index (χ2v) is 13.8. The van der Waals surface area contributed by atoms with E-state index in [9.17, 15) is 9.18 Å². The van der Waals surface area contributed by atoms with Crippen LogP contribution in [0.15, 0.2) is 18.5 Å². The van der Waals surface area contributed by atoms with Crippen molar-refractivity contribution in [1.82, 2.24) is 30.0 Å². The van der Waals surface area contributed by atoms with E-state index in [0.29, 0.717) is 71.6 Å². The second-order valence-electron chi connectivity index (χ2n) is 13.3.